The third kappa shape index (κ3) is 3.33. The summed E-state index contributed by atoms with van der Waals surface area (Å²) in [6.45, 7) is 1.80. The Labute approximate surface area is 182 Å². The minimum atomic E-state index is -0.417. The highest BCUT2D eigenvalue weighted by atomic mass is 32.2. The lowest BCUT2D eigenvalue weighted by molar-refractivity contribution is -0.115. The van der Waals surface area contributed by atoms with Crippen LogP contribution in [-0.4, -0.2) is 32.1 Å². The number of hydrogen-bond acceptors (Lipinski definition) is 5. The van der Waals surface area contributed by atoms with Crippen LogP contribution in [0.5, 0.6) is 0 Å². The molecule has 7 heteroatoms. The zero-order valence-corrected chi connectivity index (χ0v) is 17.3. The summed E-state index contributed by atoms with van der Waals surface area (Å²) < 4.78 is 1.93. The molecule has 1 aliphatic carbocycles. The molecule has 1 N–H and O–H groups in total. The van der Waals surface area contributed by atoms with Crippen LogP contribution in [0.2, 0.25) is 0 Å². The number of rotatable bonds is 4. The van der Waals surface area contributed by atoms with E-state index in [0.29, 0.717) is 27.9 Å². The Balaban J connectivity index is 1.36. The van der Waals surface area contributed by atoms with Crippen molar-refractivity contribution in [3.05, 3.63) is 95.3 Å². The molecule has 2 heterocycles. The highest BCUT2D eigenvalue weighted by molar-refractivity contribution is 8.00. The lowest BCUT2D eigenvalue weighted by Gasteiger charge is -2.18. The van der Waals surface area contributed by atoms with Gasteiger partial charge in [-0.3, -0.25) is 18.8 Å². The van der Waals surface area contributed by atoms with Crippen molar-refractivity contribution in [2.75, 3.05) is 5.32 Å². The van der Waals surface area contributed by atoms with Crippen LogP contribution in [0.25, 0.3) is 5.52 Å². The molecular weight excluding hydrogens is 410 g/mol. The van der Waals surface area contributed by atoms with E-state index >= 15 is 0 Å². The maximum absolute atomic E-state index is 12.9. The van der Waals surface area contributed by atoms with Gasteiger partial charge in [-0.25, -0.2) is 4.98 Å². The van der Waals surface area contributed by atoms with Crippen LogP contribution in [0.4, 0.5) is 5.69 Å². The Morgan fingerprint density at radius 1 is 0.935 bits per heavy atom. The van der Waals surface area contributed by atoms with Crippen molar-refractivity contribution in [3.8, 4) is 0 Å². The van der Waals surface area contributed by atoms with Gasteiger partial charge in [-0.2, -0.15) is 0 Å². The predicted molar refractivity (Wildman–Crippen MR) is 119 cm³/mol. The lowest BCUT2D eigenvalue weighted by atomic mass is 9.84. The standard InChI is InChI=1S/C24H17N3O3S/c1-14(31-24-25-13-16-6-4-5-11-27(16)24)23(30)26-15-9-10-19-20(12-15)22(29)18-8-3-2-7-17(18)21(19)28/h2-14H,1H3,(H,26,30). The maximum atomic E-state index is 12.9. The molecule has 5 rings (SSSR count). The second kappa shape index (κ2) is 7.52. The minimum Gasteiger partial charge on any atom is -0.325 e. The van der Waals surface area contributed by atoms with E-state index in [9.17, 15) is 14.4 Å². The van der Waals surface area contributed by atoms with Crippen LogP contribution < -0.4 is 5.32 Å². The fourth-order valence-corrected chi connectivity index (χ4v) is 4.51. The number of carbonyl (C=O) groups excluding carboxylic acids is 3. The Morgan fingerprint density at radius 3 is 2.39 bits per heavy atom. The van der Waals surface area contributed by atoms with Crippen molar-refractivity contribution in [1.29, 1.82) is 0 Å². The number of fused-ring (bicyclic) bond motifs is 3. The van der Waals surface area contributed by atoms with E-state index in [1.807, 2.05) is 28.8 Å². The molecule has 0 aliphatic heterocycles. The zero-order valence-electron chi connectivity index (χ0n) is 16.5. The molecule has 0 saturated heterocycles. The predicted octanol–water partition coefficient (Wildman–Crippen LogP) is 4.23. The van der Waals surface area contributed by atoms with E-state index in [1.54, 1.807) is 55.6 Å². The molecular formula is C24H17N3O3S. The number of ketones is 2. The summed E-state index contributed by atoms with van der Waals surface area (Å²) in [4.78, 5) is 42.8. The minimum absolute atomic E-state index is 0.182. The van der Waals surface area contributed by atoms with Gasteiger partial charge in [0.15, 0.2) is 16.7 Å². The molecule has 0 saturated carbocycles. The summed E-state index contributed by atoms with van der Waals surface area (Å²) in [6, 6.07) is 17.4. The van der Waals surface area contributed by atoms with Crippen LogP contribution in [0.3, 0.4) is 0 Å². The van der Waals surface area contributed by atoms with Gasteiger partial charge in [-0.1, -0.05) is 42.1 Å². The van der Waals surface area contributed by atoms with Gasteiger partial charge in [0.1, 0.15) is 0 Å². The van der Waals surface area contributed by atoms with Crippen molar-refractivity contribution < 1.29 is 14.4 Å². The normalized spacial score (nSPS) is 13.6. The van der Waals surface area contributed by atoms with Gasteiger partial charge in [-0.05, 0) is 37.3 Å². The molecule has 2 aromatic heterocycles. The first-order valence-electron chi connectivity index (χ1n) is 9.75. The smallest absolute Gasteiger partial charge is 0.237 e. The number of nitrogens with one attached hydrogen (secondary N) is 1. The average molecular weight is 427 g/mol. The molecule has 1 unspecified atom stereocenters. The molecule has 4 aromatic rings. The molecule has 1 amide bonds. The number of nitrogens with zero attached hydrogens (tertiary/aromatic N) is 2. The van der Waals surface area contributed by atoms with Gasteiger partial charge < -0.3 is 5.32 Å². The van der Waals surface area contributed by atoms with Gasteiger partial charge >= 0.3 is 0 Å². The topological polar surface area (TPSA) is 80.5 Å². The summed E-state index contributed by atoms with van der Waals surface area (Å²) in [5.74, 6) is -0.613. The number of amides is 1. The van der Waals surface area contributed by atoms with Gasteiger partial charge in [0, 0.05) is 34.1 Å². The molecule has 0 fully saturated rings. The van der Waals surface area contributed by atoms with Crippen molar-refractivity contribution in [3.63, 3.8) is 0 Å². The molecule has 6 nitrogen and oxygen atoms in total. The van der Waals surface area contributed by atoms with E-state index in [2.05, 4.69) is 10.3 Å². The van der Waals surface area contributed by atoms with E-state index in [1.165, 1.54) is 11.8 Å². The quantitative estimate of drug-likeness (QED) is 0.434. The zero-order chi connectivity index (χ0) is 21.5. The van der Waals surface area contributed by atoms with Crippen molar-refractivity contribution in [1.82, 2.24) is 9.38 Å². The number of pyridine rings is 1. The highest BCUT2D eigenvalue weighted by Crippen LogP contribution is 2.30. The molecule has 0 radical (unpaired) electrons. The van der Waals surface area contributed by atoms with Crippen molar-refractivity contribution in [2.24, 2.45) is 0 Å². The molecule has 152 valence electrons. The molecule has 1 atom stereocenters. The third-order valence-electron chi connectivity index (χ3n) is 5.25. The molecule has 1 aliphatic rings. The largest absolute Gasteiger partial charge is 0.325 e. The van der Waals surface area contributed by atoms with Crippen molar-refractivity contribution in [2.45, 2.75) is 17.3 Å². The number of benzene rings is 2. The van der Waals surface area contributed by atoms with Crippen LogP contribution in [0.15, 0.2) is 78.2 Å². The van der Waals surface area contributed by atoms with Crippen LogP contribution in [0.1, 0.15) is 38.8 Å². The molecule has 31 heavy (non-hydrogen) atoms. The first-order chi connectivity index (χ1) is 15.0. The fraction of sp³-hybridized carbons (Fsp3) is 0.0833. The average Bonchev–Trinajstić information content (AvgIpc) is 3.20. The maximum Gasteiger partial charge on any atom is 0.237 e. The number of imidazole rings is 1. The van der Waals surface area contributed by atoms with E-state index < -0.39 is 5.25 Å². The number of aromatic nitrogens is 2. The monoisotopic (exact) mass is 427 g/mol. The molecule has 0 spiro atoms. The van der Waals surface area contributed by atoms with Crippen LogP contribution in [0, 0.1) is 0 Å². The van der Waals surface area contributed by atoms with Gasteiger partial charge in [0.25, 0.3) is 0 Å². The summed E-state index contributed by atoms with van der Waals surface area (Å²) >= 11 is 1.35. The number of anilines is 1. The SMILES string of the molecule is CC(Sc1ncc2ccccn12)C(=O)Nc1ccc2c(c1)C(=O)c1ccccc1C2=O. The summed E-state index contributed by atoms with van der Waals surface area (Å²) in [5.41, 5.74) is 2.89. The number of carbonyl (C=O) groups is 3. The molecule has 2 aromatic carbocycles. The Hall–Kier alpha value is -3.71. The van der Waals surface area contributed by atoms with E-state index in [4.69, 9.17) is 0 Å². The second-order valence-corrected chi connectivity index (χ2v) is 8.56. The van der Waals surface area contributed by atoms with Gasteiger partial charge in [-0.15, -0.1) is 0 Å². The molecule has 0 bridgehead atoms. The van der Waals surface area contributed by atoms with Gasteiger partial charge in [0.2, 0.25) is 5.91 Å². The Kier molecular flexibility index (Phi) is 4.67. The lowest BCUT2D eigenvalue weighted by Crippen LogP contribution is -2.24. The van der Waals surface area contributed by atoms with Gasteiger partial charge in [0.05, 0.1) is 17.0 Å². The number of hydrogen-bond donors (Lipinski definition) is 1. The second-order valence-electron chi connectivity index (χ2n) is 7.25. The summed E-state index contributed by atoms with van der Waals surface area (Å²) in [6.07, 6.45) is 3.66. The number of thioether (sulfide) groups is 1. The van der Waals surface area contributed by atoms with E-state index in [0.717, 1.165) is 10.7 Å². The van der Waals surface area contributed by atoms with Crippen molar-refractivity contribution >= 4 is 40.4 Å². The fourth-order valence-electron chi connectivity index (χ4n) is 3.64. The van der Waals surface area contributed by atoms with E-state index in [-0.39, 0.29) is 17.5 Å². The van der Waals surface area contributed by atoms with Crippen LogP contribution in [-0.2, 0) is 4.79 Å². The Morgan fingerprint density at radius 2 is 1.61 bits per heavy atom. The Bertz CT molecular complexity index is 1380. The van der Waals surface area contributed by atoms with Crippen LogP contribution >= 0.6 is 11.8 Å². The summed E-state index contributed by atoms with van der Waals surface area (Å²) in [5, 5.41) is 3.16. The highest BCUT2D eigenvalue weighted by Gasteiger charge is 2.29. The summed E-state index contributed by atoms with van der Waals surface area (Å²) in [7, 11) is 0. The first kappa shape index (κ1) is 19.3. The first-order valence-corrected chi connectivity index (χ1v) is 10.6. The third-order valence-corrected chi connectivity index (χ3v) is 6.33.